The molecule has 2 amide bonds. The molecule has 1 atom stereocenters. The van der Waals surface area contributed by atoms with E-state index in [-0.39, 0.29) is 12.1 Å². The molecule has 1 aromatic heterocycles. The summed E-state index contributed by atoms with van der Waals surface area (Å²) < 4.78 is 13.2. The van der Waals surface area contributed by atoms with E-state index in [1.165, 1.54) is 0 Å². The summed E-state index contributed by atoms with van der Waals surface area (Å²) in [5, 5.41) is 3.88. The maximum absolute atomic E-state index is 12.9. The van der Waals surface area contributed by atoms with Gasteiger partial charge in [-0.15, -0.1) is 0 Å². The Morgan fingerprint density at radius 2 is 2.12 bits per heavy atom. The van der Waals surface area contributed by atoms with E-state index in [2.05, 4.69) is 38.1 Å². The Balaban J connectivity index is 2.00. The number of hydrogen-bond acceptors (Lipinski definition) is 3. The molecule has 0 fully saturated rings. The standard InChI is InChI=1S/C19H24BrN3O3/c1-25-14-6-7-17(26-2)15(13-14)18-16-5-3-10-22(16)11-12-23(18)19(24)21-9-4-8-20/h3,5-7,10,13,18H,4,8-9,11-12H2,1-2H3,(H,21,24)/t18-/m0/s1. The van der Waals surface area contributed by atoms with E-state index in [0.717, 1.165) is 41.1 Å². The molecule has 0 saturated heterocycles. The number of benzene rings is 1. The fourth-order valence-electron chi connectivity index (χ4n) is 3.35. The molecule has 0 saturated carbocycles. The van der Waals surface area contributed by atoms with Crippen LogP contribution in [0.15, 0.2) is 36.5 Å². The maximum atomic E-state index is 12.9. The molecule has 140 valence electrons. The Hall–Kier alpha value is -2.15. The molecule has 1 aliphatic heterocycles. The van der Waals surface area contributed by atoms with Gasteiger partial charge in [-0.05, 0) is 36.8 Å². The van der Waals surface area contributed by atoms with Crippen molar-refractivity contribution in [2.75, 3.05) is 32.6 Å². The molecule has 0 aliphatic carbocycles. The fourth-order valence-corrected chi connectivity index (χ4v) is 3.63. The van der Waals surface area contributed by atoms with Gasteiger partial charge in [-0.3, -0.25) is 0 Å². The van der Waals surface area contributed by atoms with Crippen molar-refractivity contribution in [3.8, 4) is 11.5 Å². The van der Waals surface area contributed by atoms with Crippen LogP contribution in [0.5, 0.6) is 11.5 Å². The lowest BCUT2D eigenvalue weighted by atomic mass is 9.98. The summed E-state index contributed by atoms with van der Waals surface area (Å²) in [7, 11) is 3.29. The first-order chi connectivity index (χ1) is 12.7. The molecule has 3 rings (SSSR count). The molecule has 6 nitrogen and oxygen atoms in total. The van der Waals surface area contributed by atoms with Crippen molar-refractivity contribution < 1.29 is 14.3 Å². The molecule has 26 heavy (non-hydrogen) atoms. The van der Waals surface area contributed by atoms with Crippen molar-refractivity contribution in [3.63, 3.8) is 0 Å². The average Bonchev–Trinajstić information content (AvgIpc) is 3.15. The number of carbonyl (C=O) groups is 1. The predicted octanol–water partition coefficient (Wildman–Crippen LogP) is 3.40. The van der Waals surface area contributed by atoms with Gasteiger partial charge in [0.15, 0.2) is 0 Å². The second kappa shape index (κ2) is 8.49. The third kappa shape index (κ3) is 3.67. The summed E-state index contributed by atoms with van der Waals surface area (Å²) in [5.41, 5.74) is 1.99. The molecular formula is C19H24BrN3O3. The van der Waals surface area contributed by atoms with E-state index in [0.29, 0.717) is 13.1 Å². The van der Waals surface area contributed by atoms with Gasteiger partial charge in [0.1, 0.15) is 17.5 Å². The Labute approximate surface area is 162 Å². The van der Waals surface area contributed by atoms with Crippen molar-refractivity contribution in [2.24, 2.45) is 0 Å². The number of nitrogens with one attached hydrogen (secondary N) is 1. The zero-order valence-corrected chi connectivity index (χ0v) is 16.7. The quantitative estimate of drug-likeness (QED) is 0.574. The maximum Gasteiger partial charge on any atom is 0.318 e. The van der Waals surface area contributed by atoms with Gasteiger partial charge in [0, 0.05) is 42.4 Å². The second-order valence-corrected chi connectivity index (χ2v) is 6.90. The normalized spacial score (nSPS) is 16.1. The summed E-state index contributed by atoms with van der Waals surface area (Å²) in [6.07, 6.45) is 2.94. The largest absolute Gasteiger partial charge is 0.497 e. The van der Waals surface area contributed by atoms with Crippen molar-refractivity contribution in [3.05, 3.63) is 47.8 Å². The zero-order valence-electron chi connectivity index (χ0n) is 15.1. The summed E-state index contributed by atoms with van der Waals surface area (Å²) in [6, 6.07) is 9.48. The SMILES string of the molecule is COc1ccc(OC)c([C@H]2c3cccn3CCN2C(=O)NCCCBr)c1. The topological polar surface area (TPSA) is 55.7 Å². The lowest BCUT2D eigenvalue weighted by Gasteiger charge is -2.37. The molecule has 0 unspecified atom stereocenters. The number of carbonyl (C=O) groups excluding carboxylic acids is 1. The van der Waals surface area contributed by atoms with Crippen LogP contribution in [0.1, 0.15) is 23.7 Å². The van der Waals surface area contributed by atoms with Gasteiger partial charge in [-0.25, -0.2) is 4.79 Å². The number of methoxy groups -OCH3 is 2. The van der Waals surface area contributed by atoms with Crippen LogP contribution in [0.2, 0.25) is 0 Å². The van der Waals surface area contributed by atoms with Crippen LogP contribution in [0.3, 0.4) is 0 Å². The number of fused-ring (bicyclic) bond motifs is 1. The van der Waals surface area contributed by atoms with Crippen LogP contribution in [0.25, 0.3) is 0 Å². The number of nitrogens with zero attached hydrogens (tertiary/aromatic N) is 2. The van der Waals surface area contributed by atoms with Gasteiger partial charge in [0.2, 0.25) is 0 Å². The first-order valence-electron chi connectivity index (χ1n) is 8.67. The van der Waals surface area contributed by atoms with E-state index in [4.69, 9.17) is 9.47 Å². The number of rotatable bonds is 6. The molecule has 1 N–H and O–H groups in total. The van der Waals surface area contributed by atoms with Crippen molar-refractivity contribution >= 4 is 22.0 Å². The third-order valence-corrected chi connectivity index (χ3v) is 5.18. The molecule has 0 spiro atoms. The molecule has 2 heterocycles. The highest BCUT2D eigenvalue weighted by molar-refractivity contribution is 9.09. The molecular weight excluding hydrogens is 398 g/mol. The van der Waals surface area contributed by atoms with Crippen molar-refractivity contribution in [2.45, 2.75) is 19.0 Å². The first-order valence-corrected chi connectivity index (χ1v) is 9.79. The monoisotopic (exact) mass is 421 g/mol. The fraction of sp³-hybridized carbons (Fsp3) is 0.421. The van der Waals surface area contributed by atoms with Gasteiger partial charge < -0.3 is 24.3 Å². The van der Waals surface area contributed by atoms with E-state index in [1.807, 2.05) is 29.2 Å². The second-order valence-electron chi connectivity index (χ2n) is 6.10. The average molecular weight is 422 g/mol. The van der Waals surface area contributed by atoms with Crippen LogP contribution in [0, 0.1) is 0 Å². The zero-order chi connectivity index (χ0) is 18.5. The van der Waals surface area contributed by atoms with E-state index < -0.39 is 0 Å². The van der Waals surface area contributed by atoms with Crippen LogP contribution in [-0.4, -0.2) is 48.1 Å². The Morgan fingerprint density at radius 3 is 2.85 bits per heavy atom. The first kappa shape index (κ1) is 18.6. The number of alkyl halides is 1. The molecule has 7 heteroatoms. The van der Waals surface area contributed by atoms with Crippen molar-refractivity contribution in [1.82, 2.24) is 14.8 Å². The highest BCUT2D eigenvalue weighted by atomic mass is 79.9. The van der Waals surface area contributed by atoms with E-state index >= 15 is 0 Å². The molecule has 0 radical (unpaired) electrons. The van der Waals surface area contributed by atoms with Crippen LogP contribution in [-0.2, 0) is 6.54 Å². The number of urea groups is 1. The van der Waals surface area contributed by atoms with Crippen LogP contribution in [0.4, 0.5) is 4.79 Å². The highest BCUT2D eigenvalue weighted by Crippen LogP contribution is 2.39. The van der Waals surface area contributed by atoms with E-state index in [1.54, 1.807) is 14.2 Å². The van der Waals surface area contributed by atoms with E-state index in [9.17, 15) is 4.79 Å². The van der Waals surface area contributed by atoms with Crippen LogP contribution < -0.4 is 14.8 Å². The van der Waals surface area contributed by atoms with Gasteiger partial charge >= 0.3 is 6.03 Å². The van der Waals surface area contributed by atoms with Gasteiger partial charge in [0.05, 0.1) is 14.2 Å². The number of ether oxygens (including phenoxy) is 2. The minimum atomic E-state index is -0.229. The highest BCUT2D eigenvalue weighted by Gasteiger charge is 2.34. The van der Waals surface area contributed by atoms with Crippen molar-refractivity contribution in [1.29, 1.82) is 0 Å². The number of amides is 2. The van der Waals surface area contributed by atoms with Gasteiger partial charge in [-0.2, -0.15) is 0 Å². The third-order valence-electron chi connectivity index (χ3n) is 4.62. The Morgan fingerprint density at radius 1 is 1.27 bits per heavy atom. The van der Waals surface area contributed by atoms with Gasteiger partial charge in [-0.1, -0.05) is 15.9 Å². The summed E-state index contributed by atoms with van der Waals surface area (Å²) >= 11 is 3.40. The lowest BCUT2D eigenvalue weighted by Crippen LogP contribution is -2.47. The lowest BCUT2D eigenvalue weighted by molar-refractivity contribution is 0.167. The molecule has 1 aliphatic rings. The number of hydrogen-bond donors (Lipinski definition) is 1. The van der Waals surface area contributed by atoms with Crippen LogP contribution >= 0.6 is 15.9 Å². The molecule has 0 bridgehead atoms. The molecule has 2 aromatic rings. The van der Waals surface area contributed by atoms with Gasteiger partial charge in [0.25, 0.3) is 0 Å². The smallest absolute Gasteiger partial charge is 0.318 e. The number of halogens is 1. The Kier molecular flexibility index (Phi) is 6.08. The summed E-state index contributed by atoms with van der Waals surface area (Å²) in [4.78, 5) is 14.7. The Bertz CT molecular complexity index is 762. The molecule has 1 aromatic carbocycles. The summed E-state index contributed by atoms with van der Waals surface area (Å²) in [6.45, 7) is 2.05. The predicted molar refractivity (Wildman–Crippen MR) is 104 cm³/mol. The number of aromatic nitrogens is 1. The minimum absolute atomic E-state index is 0.0618. The summed E-state index contributed by atoms with van der Waals surface area (Å²) in [5.74, 6) is 1.48. The minimum Gasteiger partial charge on any atom is -0.497 e.